The number of nitrogens with one attached hydrogen (secondary N) is 1. The van der Waals surface area contributed by atoms with Gasteiger partial charge in [-0.3, -0.25) is 4.79 Å². The van der Waals surface area contributed by atoms with Gasteiger partial charge in [-0.15, -0.1) is 0 Å². The Morgan fingerprint density at radius 3 is 2.62 bits per heavy atom. The third-order valence-corrected chi connectivity index (χ3v) is 4.44. The molecule has 0 radical (unpaired) electrons. The third kappa shape index (κ3) is 4.17. The number of para-hydroxylation sites is 2. The van der Waals surface area contributed by atoms with Crippen LogP contribution in [0.1, 0.15) is 37.8 Å². The first kappa shape index (κ1) is 17.9. The Bertz CT molecular complexity index is 909. The van der Waals surface area contributed by atoms with E-state index in [-0.39, 0.29) is 11.8 Å². The number of imidazole rings is 1. The summed E-state index contributed by atoms with van der Waals surface area (Å²) < 4.78 is 1.99. The van der Waals surface area contributed by atoms with E-state index in [1.807, 2.05) is 47.9 Å². The van der Waals surface area contributed by atoms with E-state index in [1.54, 1.807) is 12.5 Å². The lowest BCUT2D eigenvalue weighted by molar-refractivity contribution is -0.124. The van der Waals surface area contributed by atoms with Gasteiger partial charge in [-0.1, -0.05) is 57.2 Å². The van der Waals surface area contributed by atoms with Crippen LogP contribution >= 0.6 is 0 Å². The normalized spacial score (nSPS) is 12.8. The Balaban J connectivity index is 1.57. The van der Waals surface area contributed by atoms with Crippen LogP contribution in [-0.4, -0.2) is 21.7 Å². The molecule has 26 heavy (non-hydrogen) atoms. The van der Waals surface area contributed by atoms with E-state index in [9.17, 15) is 4.79 Å². The Kier molecular flexibility index (Phi) is 5.46. The highest BCUT2D eigenvalue weighted by molar-refractivity contribution is 5.83. The number of hydrazone groups is 1. The van der Waals surface area contributed by atoms with E-state index in [2.05, 4.69) is 41.5 Å². The summed E-state index contributed by atoms with van der Waals surface area (Å²) in [6.45, 7) is 6.77. The second-order valence-electron chi connectivity index (χ2n) is 6.84. The van der Waals surface area contributed by atoms with Gasteiger partial charge in [0.1, 0.15) is 0 Å². The second kappa shape index (κ2) is 7.95. The summed E-state index contributed by atoms with van der Waals surface area (Å²) >= 11 is 0. The summed E-state index contributed by atoms with van der Waals surface area (Å²) in [5.74, 6) is 0.173. The van der Waals surface area contributed by atoms with Crippen molar-refractivity contribution in [1.82, 2.24) is 15.0 Å². The minimum atomic E-state index is -0.215. The van der Waals surface area contributed by atoms with E-state index in [4.69, 9.17) is 0 Å². The minimum absolute atomic E-state index is 0.113. The van der Waals surface area contributed by atoms with Gasteiger partial charge < -0.3 is 4.57 Å². The predicted octanol–water partition coefficient (Wildman–Crippen LogP) is 3.95. The first-order valence-electron chi connectivity index (χ1n) is 8.87. The summed E-state index contributed by atoms with van der Waals surface area (Å²) in [4.78, 5) is 16.6. The maximum atomic E-state index is 12.3. The van der Waals surface area contributed by atoms with Crippen LogP contribution in [0.3, 0.4) is 0 Å². The standard InChI is InChI=1S/C21H24N4O/c1-15(2)18-10-8-17(9-11-18)12-23-24-21(26)16(3)13-25-14-22-19-6-4-5-7-20(19)25/h4-12,14-16H,13H2,1-3H3,(H,24,26). The fraction of sp³-hybridized carbons (Fsp3) is 0.286. The van der Waals surface area contributed by atoms with Crippen LogP contribution in [0, 0.1) is 5.92 Å². The molecule has 1 N–H and O–H groups in total. The van der Waals surface area contributed by atoms with Crippen molar-refractivity contribution >= 4 is 23.2 Å². The molecule has 0 fully saturated rings. The molecule has 0 aliphatic heterocycles. The Morgan fingerprint density at radius 2 is 1.88 bits per heavy atom. The maximum Gasteiger partial charge on any atom is 0.244 e. The van der Waals surface area contributed by atoms with Crippen molar-refractivity contribution < 1.29 is 4.79 Å². The van der Waals surface area contributed by atoms with Gasteiger partial charge in [-0.05, 0) is 29.2 Å². The van der Waals surface area contributed by atoms with Gasteiger partial charge in [0, 0.05) is 6.54 Å². The molecular weight excluding hydrogens is 324 g/mol. The number of benzene rings is 2. The lowest BCUT2D eigenvalue weighted by Crippen LogP contribution is -2.27. The van der Waals surface area contributed by atoms with Crippen LogP contribution in [0.25, 0.3) is 11.0 Å². The molecule has 3 rings (SSSR count). The molecule has 1 amide bonds. The second-order valence-corrected chi connectivity index (χ2v) is 6.84. The van der Waals surface area contributed by atoms with Crippen LogP contribution in [0.2, 0.25) is 0 Å². The Labute approximate surface area is 153 Å². The van der Waals surface area contributed by atoms with Crippen molar-refractivity contribution in [3.8, 4) is 0 Å². The van der Waals surface area contributed by atoms with Crippen molar-refractivity contribution in [2.45, 2.75) is 33.2 Å². The van der Waals surface area contributed by atoms with E-state index >= 15 is 0 Å². The third-order valence-electron chi connectivity index (χ3n) is 4.44. The van der Waals surface area contributed by atoms with Crippen molar-refractivity contribution in [3.05, 3.63) is 66.0 Å². The molecule has 134 valence electrons. The fourth-order valence-electron chi connectivity index (χ4n) is 2.78. The molecule has 1 unspecified atom stereocenters. The zero-order valence-electron chi connectivity index (χ0n) is 15.4. The van der Waals surface area contributed by atoms with Gasteiger partial charge in [0.25, 0.3) is 0 Å². The number of aromatic nitrogens is 2. The molecule has 0 aliphatic rings. The molecule has 1 atom stereocenters. The van der Waals surface area contributed by atoms with Gasteiger partial charge in [0.2, 0.25) is 5.91 Å². The zero-order chi connectivity index (χ0) is 18.5. The number of fused-ring (bicyclic) bond motifs is 1. The number of carbonyl (C=O) groups is 1. The molecule has 0 bridgehead atoms. The highest BCUT2D eigenvalue weighted by Gasteiger charge is 2.14. The molecule has 5 heteroatoms. The first-order chi connectivity index (χ1) is 12.5. The average molecular weight is 348 g/mol. The Hall–Kier alpha value is -2.95. The van der Waals surface area contributed by atoms with Crippen LogP contribution in [0.5, 0.6) is 0 Å². The van der Waals surface area contributed by atoms with Crippen LogP contribution in [0.4, 0.5) is 0 Å². The molecule has 0 saturated carbocycles. The fourth-order valence-corrected chi connectivity index (χ4v) is 2.78. The zero-order valence-corrected chi connectivity index (χ0v) is 15.4. The summed E-state index contributed by atoms with van der Waals surface area (Å²) in [6.07, 6.45) is 3.44. The van der Waals surface area contributed by atoms with E-state index in [1.165, 1.54) is 5.56 Å². The molecule has 5 nitrogen and oxygen atoms in total. The number of carbonyl (C=O) groups excluding carboxylic acids is 1. The largest absolute Gasteiger partial charge is 0.330 e. The molecule has 1 heterocycles. The van der Waals surface area contributed by atoms with Crippen molar-refractivity contribution in [1.29, 1.82) is 0 Å². The topological polar surface area (TPSA) is 59.3 Å². The van der Waals surface area contributed by atoms with Gasteiger partial charge in [0.15, 0.2) is 0 Å². The summed E-state index contributed by atoms with van der Waals surface area (Å²) in [7, 11) is 0. The number of rotatable bonds is 6. The highest BCUT2D eigenvalue weighted by Crippen LogP contribution is 2.15. The number of nitrogens with zero attached hydrogens (tertiary/aromatic N) is 3. The van der Waals surface area contributed by atoms with E-state index in [0.29, 0.717) is 12.5 Å². The van der Waals surface area contributed by atoms with Crippen LogP contribution < -0.4 is 5.43 Å². The first-order valence-corrected chi connectivity index (χ1v) is 8.87. The minimum Gasteiger partial charge on any atom is -0.330 e. The van der Waals surface area contributed by atoms with Crippen LogP contribution in [0.15, 0.2) is 60.0 Å². The number of hydrogen-bond acceptors (Lipinski definition) is 3. The summed E-state index contributed by atoms with van der Waals surface area (Å²) in [5, 5.41) is 4.08. The maximum absolute atomic E-state index is 12.3. The van der Waals surface area contributed by atoms with E-state index < -0.39 is 0 Å². The van der Waals surface area contributed by atoms with Crippen LogP contribution in [-0.2, 0) is 11.3 Å². The van der Waals surface area contributed by atoms with Crippen molar-refractivity contribution in [3.63, 3.8) is 0 Å². The quantitative estimate of drug-likeness (QED) is 0.542. The molecule has 1 aromatic heterocycles. The number of hydrogen-bond donors (Lipinski definition) is 1. The molecule has 0 spiro atoms. The van der Waals surface area contributed by atoms with Crippen molar-refractivity contribution in [2.24, 2.45) is 11.0 Å². The lowest BCUT2D eigenvalue weighted by Gasteiger charge is -2.11. The molecule has 2 aromatic carbocycles. The Morgan fingerprint density at radius 1 is 1.15 bits per heavy atom. The predicted molar refractivity (Wildman–Crippen MR) is 105 cm³/mol. The smallest absolute Gasteiger partial charge is 0.244 e. The SMILES string of the molecule is CC(Cn1cnc2ccccc21)C(=O)NN=Cc1ccc(C(C)C)cc1. The van der Waals surface area contributed by atoms with Crippen molar-refractivity contribution in [2.75, 3.05) is 0 Å². The summed E-state index contributed by atoms with van der Waals surface area (Å²) in [6, 6.07) is 16.1. The molecule has 0 aliphatic carbocycles. The molecule has 3 aromatic rings. The van der Waals surface area contributed by atoms with Gasteiger partial charge in [-0.2, -0.15) is 5.10 Å². The number of amides is 1. The monoisotopic (exact) mass is 348 g/mol. The van der Waals surface area contributed by atoms with Gasteiger partial charge in [-0.25, -0.2) is 10.4 Å². The van der Waals surface area contributed by atoms with Gasteiger partial charge in [0.05, 0.1) is 29.5 Å². The molecular formula is C21H24N4O. The average Bonchev–Trinajstić information content (AvgIpc) is 3.05. The molecule has 0 saturated heterocycles. The summed E-state index contributed by atoms with van der Waals surface area (Å²) in [5.41, 5.74) is 6.83. The highest BCUT2D eigenvalue weighted by atomic mass is 16.2. The lowest BCUT2D eigenvalue weighted by atomic mass is 10.0. The van der Waals surface area contributed by atoms with Gasteiger partial charge >= 0.3 is 0 Å². The van der Waals surface area contributed by atoms with E-state index in [0.717, 1.165) is 16.6 Å².